The fourth-order valence-corrected chi connectivity index (χ4v) is 2.35. The second-order valence-electron chi connectivity index (χ2n) is 5.75. The van der Waals surface area contributed by atoms with Crippen LogP contribution in [-0.4, -0.2) is 0 Å². The molecule has 90 valence electrons. The van der Waals surface area contributed by atoms with E-state index in [9.17, 15) is 0 Å². The number of rotatable bonds is 1. The van der Waals surface area contributed by atoms with Crippen LogP contribution in [0.5, 0.6) is 0 Å². The molecule has 0 aliphatic carbocycles. The first-order valence-corrected chi connectivity index (χ1v) is 6.47. The van der Waals surface area contributed by atoms with Gasteiger partial charge in [-0.05, 0) is 34.2 Å². The highest BCUT2D eigenvalue weighted by Crippen LogP contribution is 2.41. The van der Waals surface area contributed by atoms with Crippen molar-refractivity contribution in [1.82, 2.24) is 0 Å². The molecule has 0 bridgehead atoms. The van der Waals surface area contributed by atoms with Gasteiger partial charge in [0.25, 0.3) is 0 Å². The molecule has 0 radical (unpaired) electrons. The van der Waals surface area contributed by atoms with Crippen molar-refractivity contribution >= 4 is 22.4 Å². The summed E-state index contributed by atoms with van der Waals surface area (Å²) in [6.07, 6.45) is 0. The Hall–Kier alpha value is -1.01. The maximum absolute atomic E-state index is 6.61. The second kappa shape index (κ2) is 4.34. The molecule has 0 aliphatic rings. The quantitative estimate of drug-likeness (QED) is 0.585. The van der Waals surface area contributed by atoms with Gasteiger partial charge in [0.05, 0.1) is 5.38 Å². The lowest BCUT2D eigenvalue weighted by Gasteiger charge is -2.26. The summed E-state index contributed by atoms with van der Waals surface area (Å²) < 4.78 is 0. The van der Waals surface area contributed by atoms with Crippen molar-refractivity contribution in [1.29, 1.82) is 0 Å². The highest BCUT2D eigenvalue weighted by atomic mass is 35.5. The van der Waals surface area contributed by atoms with Crippen LogP contribution >= 0.6 is 11.6 Å². The normalized spacial score (nSPS) is 13.9. The summed E-state index contributed by atoms with van der Waals surface area (Å²) in [5.41, 5.74) is 2.61. The van der Waals surface area contributed by atoms with E-state index in [2.05, 4.69) is 64.1 Å². The predicted molar refractivity (Wildman–Crippen MR) is 76.7 cm³/mol. The molecule has 0 saturated heterocycles. The van der Waals surface area contributed by atoms with Crippen LogP contribution < -0.4 is 0 Å². The molecule has 1 atom stereocenters. The molecule has 0 spiro atoms. The van der Waals surface area contributed by atoms with Crippen LogP contribution in [0.1, 0.15) is 37.3 Å². The van der Waals surface area contributed by atoms with Gasteiger partial charge in [0.1, 0.15) is 0 Å². The van der Waals surface area contributed by atoms with Crippen LogP contribution in [0.15, 0.2) is 36.4 Å². The molecule has 1 unspecified atom stereocenters. The third-order valence-electron chi connectivity index (χ3n) is 3.21. The van der Waals surface area contributed by atoms with E-state index in [0.717, 1.165) is 0 Å². The molecule has 0 N–H and O–H groups in total. The molecule has 17 heavy (non-hydrogen) atoms. The highest BCUT2D eigenvalue weighted by Gasteiger charge is 2.25. The monoisotopic (exact) mass is 246 g/mol. The van der Waals surface area contributed by atoms with Gasteiger partial charge >= 0.3 is 0 Å². The predicted octanol–water partition coefficient (Wildman–Crippen LogP) is 5.47. The third kappa shape index (κ3) is 2.32. The Balaban J connectivity index is 2.67. The van der Waals surface area contributed by atoms with E-state index < -0.39 is 0 Å². The third-order valence-corrected chi connectivity index (χ3v) is 4.10. The van der Waals surface area contributed by atoms with Crippen LogP contribution in [0.25, 0.3) is 10.8 Å². The summed E-state index contributed by atoms with van der Waals surface area (Å²) in [5.74, 6) is 0. The SMILES string of the molecule is Cc1ccc(C(Cl)C(C)(C)C)c2ccccc12. The van der Waals surface area contributed by atoms with Crippen molar-refractivity contribution in [2.45, 2.75) is 33.1 Å². The first kappa shape index (κ1) is 12.4. The smallest absolute Gasteiger partial charge is 0.0639 e. The molecule has 0 heterocycles. The Morgan fingerprint density at radius 3 is 2.12 bits per heavy atom. The van der Waals surface area contributed by atoms with Gasteiger partial charge < -0.3 is 0 Å². The van der Waals surface area contributed by atoms with Gasteiger partial charge in [0.15, 0.2) is 0 Å². The largest absolute Gasteiger partial charge is 0.117 e. The molecule has 0 aliphatic heterocycles. The molecule has 0 aromatic heterocycles. The van der Waals surface area contributed by atoms with Gasteiger partial charge in [-0.3, -0.25) is 0 Å². The van der Waals surface area contributed by atoms with Crippen LogP contribution in [0, 0.1) is 12.3 Å². The van der Waals surface area contributed by atoms with Gasteiger partial charge in [-0.15, -0.1) is 11.6 Å². The van der Waals surface area contributed by atoms with Crippen LogP contribution in [-0.2, 0) is 0 Å². The minimum Gasteiger partial charge on any atom is -0.117 e. The van der Waals surface area contributed by atoms with Crippen molar-refractivity contribution in [2.75, 3.05) is 0 Å². The van der Waals surface area contributed by atoms with Gasteiger partial charge in [0.2, 0.25) is 0 Å². The number of aryl methyl sites for hydroxylation is 1. The minimum atomic E-state index is 0.0352. The number of fused-ring (bicyclic) bond motifs is 1. The van der Waals surface area contributed by atoms with E-state index in [1.54, 1.807) is 0 Å². The Labute approximate surface area is 109 Å². The average Bonchev–Trinajstić information content (AvgIpc) is 2.28. The Kier molecular flexibility index (Phi) is 3.18. The van der Waals surface area contributed by atoms with Crippen LogP contribution in [0.4, 0.5) is 0 Å². The first-order chi connectivity index (χ1) is 7.91. The lowest BCUT2D eigenvalue weighted by atomic mass is 9.85. The van der Waals surface area contributed by atoms with Crippen molar-refractivity contribution < 1.29 is 0 Å². The summed E-state index contributed by atoms with van der Waals surface area (Å²) in [7, 11) is 0. The van der Waals surface area contributed by atoms with Crippen molar-refractivity contribution in [3.63, 3.8) is 0 Å². The van der Waals surface area contributed by atoms with E-state index in [1.165, 1.54) is 21.9 Å². The lowest BCUT2D eigenvalue weighted by Crippen LogP contribution is -2.13. The maximum atomic E-state index is 6.61. The van der Waals surface area contributed by atoms with Crippen LogP contribution in [0.3, 0.4) is 0 Å². The lowest BCUT2D eigenvalue weighted by molar-refractivity contribution is 0.397. The highest BCUT2D eigenvalue weighted by molar-refractivity contribution is 6.22. The van der Waals surface area contributed by atoms with E-state index in [1.807, 2.05) is 0 Å². The zero-order valence-corrected chi connectivity index (χ0v) is 11.7. The molecule has 0 nitrogen and oxygen atoms in total. The molecule has 0 saturated carbocycles. The summed E-state index contributed by atoms with van der Waals surface area (Å²) >= 11 is 6.61. The van der Waals surface area contributed by atoms with Crippen LogP contribution in [0.2, 0.25) is 0 Å². The van der Waals surface area contributed by atoms with Gasteiger partial charge in [0, 0.05) is 0 Å². The van der Waals surface area contributed by atoms with E-state index in [-0.39, 0.29) is 10.8 Å². The summed E-state index contributed by atoms with van der Waals surface area (Å²) in [6, 6.07) is 12.8. The standard InChI is InChI=1S/C16H19Cl/c1-11-9-10-14(15(17)16(2,3)4)13-8-6-5-7-12(11)13/h5-10,15H,1-4H3. The second-order valence-corrected chi connectivity index (χ2v) is 6.18. The van der Waals surface area contributed by atoms with Crippen molar-refractivity contribution in [3.8, 4) is 0 Å². The number of hydrogen-bond donors (Lipinski definition) is 0. The molecule has 0 amide bonds. The van der Waals surface area contributed by atoms with Crippen molar-refractivity contribution in [3.05, 3.63) is 47.5 Å². The zero-order valence-electron chi connectivity index (χ0n) is 10.9. The fraction of sp³-hybridized carbons (Fsp3) is 0.375. The van der Waals surface area contributed by atoms with Gasteiger partial charge in [-0.2, -0.15) is 0 Å². The Morgan fingerprint density at radius 1 is 0.941 bits per heavy atom. The number of alkyl halides is 1. The molecular formula is C16H19Cl. The molecular weight excluding hydrogens is 228 g/mol. The number of halogens is 1. The molecule has 2 aromatic carbocycles. The molecule has 2 aromatic rings. The summed E-state index contributed by atoms with van der Waals surface area (Å²) in [4.78, 5) is 0. The molecule has 2 rings (SSSR count). The first-order valence-electron chi connectivity index (χ1n) is 6.03. The molecule has 1 heteroatoms. The van der Waals surface area contributed by atoms with E-state index in [0.29, 0.717) is 0 Å². The summed E-state index contributed by atoms with van der Waals surface area (Å²) in [6.45, 7) is 8.68. The van der Waals surface area contributed by atoms with Gasteiger partial charge in [-0.25, -0.2) is 0 Å². The van der Waals surface area contributed by atoms with Gasteiger partial charge in [-0.1, -0.05) is 57.2 Å². The average molecular weight is 247 g/mol. The maximum Gasteiger partial charge on any atom is 0.0639 e. The zero-order chi connectivity index (χ0) is 12.6. The Bertz CT molecular complexity index is 535. The Morgan fingerprint density at radius 2 is 1.53 bits per heavy atom. The van der Waals surface area contributed by atoms with E-state index >= 15 is 0 Å². The minimum absolute atomic E-state index is 0.0352. The summed E-state index contributed by atoms with van der Waals surface area (Å²) in [5, 5.41) is 2.62. The number of benzene rings is 2. The topological polar surface area (TPSA) is 0 Å². The van der Waals surface area contributed by atoms with Crippen molar-refractivity contribution in [2.24, 2.45) is 5.41 Å². The molecule has 0 fully saturated rings. The number of hydrogen-bond acceptors (Lipinski definition) is 0. The van der Waals surface area contributed by atoms with E-state index in [4.69, 9.17) is 11.6 Å². The fourth-order valence-electron chi connectivity index (χ4n) is 2.16.